The molecule has 1 saturated carbocycles. The lowest BCUT2D eigenvalue weighted by Crippen LogP contribution is -2.30. The van der Waals surface area contributed by atoms with E-state index in [1.165, 1.54) is 0 Å². The monoisotopic (exact) mass is 276 g/mol. The molecule has 8 nitrogen and oxygen atoms in total. The molecule has 0 aliphatic heterocycles. The molecule has 0 aromatic carbocycles. The van der Waals surface area contributed by atoms with Gasteiger partial charge in [-0.15, -0.1) is 0 Å². The van der Waals surface area contributed by atoms with Crippen molar-refractivity contribution in [3.05, 3.63) is 27.9 Å². The van der Waals surface area contributed by atoms with Crippen LogP contribution in [-0.4, -0.2) is 27.0 Å². The first-order valence-electron chi connectivity index (χ1n) is 6.07. The Bertz CT molecular complexity index is 596. The highest BCUT2D eigenvalue weighted by Gasteiger charge is 2.33. The van der Waals surface area contributed by atoms with Crippen molar-refractivity contribution in [2.75, 3.05) is 5.32 Å². The number of carbonyl (C=O) groups is 1. The van der Waals surface area contributed by atoms with Gasteiger partial charge in [-0.3, -0.25) is 14.9 Å². The molecule has 2 atom stereocenters. The standard InChI is InChI=1S/C12H12N4O4/c13-5-7-4-8(16(19)20)6-14-11(7)15-10-3-1-2-9(10)12(17)18/h4,6,9-10H,1-3H2,(H,14,15)(H,17,18). The number of nitriles is 1. The van der Waals surface area contributed by atoms with E-state index in [-0.39, 0.29) is 23.1 Å². The topological polar surface area (TPSA) is 129 Å². The Morgan fingerprint density at radius 3 is 2.95 bits per heavy atom. The van der Waals surface area contributed by atoms with E-state index in [1.54, 1.807) is 0 Å². The maximum atomic E-state index is 11.1. The molecule has 0 bridgehead atoms. The molecular weight excluding hydrogens is 264 g/mol. The Kier molecular flexibility index (Phi) is 3.79. The average molecular weight is 276 g/mol. The van der Waals surface area contributed by atoms with Crippen LogP contribution in [0.25, 0.3) is 0 Å². The third-order valence-electron chi connectivity index (χ3n) is 3.36. The van der Waals surface area contributed by atoms with Crippen molar-refractivity contribution in [3.63, 3.8) is 0 Å². The van der Waals surface area contributed by atoms with E-state index in [9.17, 15) is 14.9 Å². The predicted molar refractivity (Wildman–Crippen MR) is 68.0 cm³/mol. The summed E-state index contributed by atoms with van der Waals surface area (Å²) < 4.78 is 0. The van der Waals surface area contributed by atoms with Crippen LogP contribution in [0.4, 0.5) is 11.5 Å². The van der Waals surface area contributed by atoms with E-state index in [4.69, 9.17) is 10.4 Å². The minimum absolute atomic E-state index is 0.0373. The number of nitrogens with zero attached hydrogens (tertiary/aromatic N) is 3. The maximum Gasteiger partial charge on any atom is 0.308 e. The Hall–Kier alpha value is -2.69. The summed E-state index contributed by atoms with van der Waals surface area (Å²) in [6, 6.07) is 2.65. The molecule has 0 radical (unpaired) electrons. The van der Waals surface area contributed by atoms with Gasteiger partial charge in [0.2, 0.25) is 0 Å². The summed E-state index contributed by atoms with van der Waals surface area (Å²) in [5.74, 6) is -1.23. The number of nitrogens with one attached hydrogen (secondary N) is 1. The summed E-state index contributed by atoms with van der Waals surface area (Å²) in [6.45, 7) is 0. The fourth-order valence-electron chi connectivity index (χ4n) is 2.36. The second-order valence-electron chi connectivity index (χ2n) is 4.59. The van der Waals surface area contributed by atoms with Crippen LogP contribution in [0.15, 0.2) is 12.3 Å². The second kappa shape index (κ2) is 5.52. The van der Waals surface area contributed by atoms with Crippen LogP contribution < -0.4 is 5.32 Å². The van der Waals surface area contributed by atoms with Crippen LogP contribution in [0, 0.1) is 27.4 Å². The molecule has 1 fully saturated rings. The van der Waals surface area contributed by atoms with Crippen LogP contribution in [0.2, 0.25) is 0 Å². The van der Waals surface area contributed by atoms with E-state index >= 15 is 0 Å². The number of aromatic nitrogens is 1. The highest BCUT2D eigenvalue weighted by molar-refractivity contribution is 5.72. The molecule has 8 heteroatoms. The van der Waals surface area contributed by atoms with Crippen LogP contribution in [0.5, 0.6) is 0 Å². The summed E-state index contributed by atoms with van der Waals surface area (Å²) in [5.41, 5.74) is -0.233. The Morgan fingerprint density at radius 1 is 1.60 bits per heavy atom. The normalized spacial score (nSPS) is 21.1. The van der Waals surface area contributed by atoms with Crippen molar-refractivity contribution in [2.24, 2.45) is 5.92 Å². The highest BCUT2D eigenvalue weighted by atomic mass is 16.6. The summed E-state index contributed by atoms with van der Waals surface area (Å²) in [7, 11) is 0. The fraction of sp³-hybridized carbons (Fsp3) is 0.417. The van der Waals surface area contributed by atoms with Gasteiger partial charge in [-0.1, -0.05) is 6.42 Å². The number of carboxylic acid groups (broad SMARTS) is 1. The number of rotatable bonds is 4. The van der Waals surface area contributed by atoms with Gasteiger partial charge >= 0.3 is 5.97 Å². The van der Waals surface area contributed by atoms with Crippen molar-refractivity contribution in [1.29, 1.82) is 5.26 Å². The van der Waals surface area contributed by atoms with Gasteiger partial charge in [0.05, 0.1) is 10.8 Å². The van der Waals surface area contributed by atoms with E-state index < -0.39 is 16.8 Å². The number of hydrogen-bond acceptors (Lipinski definition) is 6. The molecule has 0 spiro atoms. The zero-order valence-electron chi connectivity index (χ0n) is 10.4. The van der Waals surface area contributed by atoms with Gasteiger partial charge in [0, 0.05) is 12.1 Å². The first kappa shape index (κ1) is 13.7. The minimum Gasteiger partial charge on any atom is -0.481 e. The zero-order chi connectivity index (χ0) is 14.7. The second-order valence-corrected chi connectivity index (χ2v) is 4.59. The summed E-state index contributed by atoms with van der Waals surface area (Å²) in [5, 5.41) is 31.6. The van der Waals surface area contributed by atoms with E-state index in [2.05, 4.69) is 10.3 Å². The van der Waals surface area contributed by atoms with Gasteiger partial charge in [0.1, 0.15) is 23.6 Å². The van der Waals surface area contributed by atoms with E-state index in [1.807, 2.05) is 6.07 Å². The molecule has 2 rings (SSSR count). The summed E-state index contributed by atoms with van der Waals surface area (Å²) in [4.78, 5) is 24.9. The van der Waals surface area contributed by atoms with Crippen molar-refractivity contribution in [1.82, 2.24) is 4.98 Å². The van der Waals surface area contributed by atoms with Gasteiger partial charge in [-0.25, -0.2) is 4.98 Å². The largest absolute Gasteiger partial charge is 0.481 e. The SMILES string of the molecule is N#Cc1cc([N+](=O)[O-])cnc1NC1CCCC1C(=O)O. The number of aliphatic carboxylic acids is 1. The average Bonchev–Trinajstić information content (AvgIpc) is 2.87. The van der Waals surface area contributed by atoms with Gasteiger partial charge in [-0.05, 0) is 12.8 Å². The number of carboxylic acids is 1. The molecule has 1 aromatic rings. The maximum absolute atomic E-state index is 11.1. The van der Waals surface area contributed by atoms with Gasteiger partial charge in [-0.2, -0.15) is 5.26 Å². The molecule has 104 valence electrons. The van der Waals surface area contributed by atoms with Crippen LogP contribution in [-0.2, 0) is 4.79 Å². The lowest BCUT2D eigenvalue weighted by atomic mass is 10.0. The number of pyridine rings is 1. The van der Waals surface area contributed by atoms with Crippen LogP contribution in [0.1, 0.15) is 24.8 Å². The molecule has 2 N–H and O–H groups in total. The van der Waals surface area contributed by atoms with E-state index in [0.717, 1.165) is 18.7 Å². The number of hydrogen-bond donors (Lipinski definition) is 2. The molecule has 20 heavy (non-hydrogen) atoms. The quantitative estimate of drug-likeness (QED) is 0.629. The smallest absolute Gasteiger partial charge is 0.308 e. The van der Waals surface area contributed by atoms with Gasteiger partial charge < -0.3 is 10.4 Å². The lowest BCUT2D eigenvalue weighted by Gasteiger charge is -2.18. The van der Waals surface area contributed by atoms with Crippen molar-refractivity contribution in [3.8, 4) is 6.07 Å². The molecule has 1 aliphatic carbocycles. The molecular formula is C12H12N4O4. The number of nitro groups is 1. The third-order valence-corrected chi connectivity index (χ3v) is 3.36. The third kappa shape index (κ3) is 2.66. The Morgan fingerprint density at radius 2 is 2.35 bits per heavy atom. The summed E-state index contributed by atoms with van der Waals surface area (Å²) >= 11 is 0. The molecule has 0 amide bonds. The van der Waals surface area contributed by atoms with Crippen LogP contribution >= 0.6 is 0 Å². The Labute approximate surface area is 114 Å². The highest BCUT2D eigenvalue weighted by Crippen LogP contribution is 2.29. The molecule has 2 unspecified atom stereocenters. The van der Waals surface area contributed by atoms with E-state index in [0.29, 0.717) is 12.8 Å². The summed E-state index contributed by atoms with van der Waals surface area (Å²) in [6.07, 6.45) is 3.07. The minimum atomic E-state index is -0.889. The van der Waals surface area contributed by atoms with Gasteiger partial charge in [0.25, 0.3) is 5.69 Å². The lowest BCUT2D eigenvalue weighted by molar-refractivity contribution is -0.385. The van der Waals surface area contributed by atoms with Crippen LogP contribution in [0.3, 0.4) is 0 Å². The first-order chi connectivity index (χ1) is 9.52. The fourth-order valence-corrected chi connectivity index (χ4v) is 2.36. The zero-order valence-corrected chi connectivity index (χ0v) is 10.4. The van der Waals surface area contributed by atoms with Crippen molar-refractivity contribution < 1.29 is 14.8 Å². The van der Waals surface area contributed by atoms with Crippen molar-refractivity contribution in [2.45, 2.75) is 25.3 Å². The molecule has 1 aliphatic rings. The first-order valence-corrected chi connectivity index (χ1v) is 6.07. The molecule has 1 heterocycles. The molecule has 1 aromatic heterocycles. The number of anilines is 1. The van der Waals surface area contributed by atoms with Crippen molar-refractivity contribution >= 4 is 17.5 Å². The predicted octanol–water partition coefficient (Wildman–Crippen LogP) is 1.53. The molecule has 0 saturated heterocycles. The Balaban J connectivity index is 2.23. The van der Waals surface area contributed by atoms with Gasteiger partial charge in [0.15, 0.2) is 0 Å².